The van der Waals surface area contributed by atoms with Crippen molar-refractivity contribution in [3.8, 4) is 0 Å². The molecule has 0 heterocycles. The Morgan fingerprint density at radius 1 is 1.71 bits per heavy atom. The minimum atomic E-state index is 0.750. The molecule has 35 valence electrons. The maximum atomic E-state index is 9.77. The van der Waals surface area contributed by atoms with Gasteiger partial charge in [0.1, 0.15) is 0 Å². The van der Waals surface area contributed by atoms with Crippen LogP contribution in [-0.4, -0.2) is 6.29 Å². The molecule has 0 unspecified atom stereocenters. The van der Waals surface area contributed by atoms with Crippen LogP contribution >= 0.6 is 0 Å². The molecule has 0 bridgehead atoms. The quantitative estimate of drug-likeness (QED) is 0.472. The van der Waals surface area contributed by atoms with Crippen LogP contribution in [0.2, 0.25) is 0 Å². The highest BCUT2D eigenvalue weighted by Crippen LogP contribution is 2.05. The Kier molecular flexibility index (Phi) is 1.07. The van der Waals surface area contributed by atoms with Gasteiger partial charge < -0.3 is 0 Å². The van der Waals surface area contributed by atoms with Gasteiger partial charge >= 0.3 is 0 Å². The zero-order chi connectivity index (χ0) is 5.11. The van der Waals surface area contributed by atoms with Gasteiger partial charge in [-0.3, -0.25) is 4.79 Å². The van der Waals surface area contributed by atoms with E-state index in [2.05, 4.69) is 0 Å². The van der Waals surface area contributed by atoms with Gasteiger partial charge in [0.25, 0.3) is 0 Å². The average molecular weight is 93.1 g/mol. The Balaban J connectivity index is 2.61. The van der Waals surface area contributed by atoms with E-state index in [1.165, 1.54) is 0 Å². The van der Waals surface area contributed by atoms with Gasteiger partial charge in [-0.25, -0.2) is 0 Å². The summed E-state index contributed by atoms with van der Waals surface area (Å²) >= 11 is 0. The summed E-state index contributed by atoms with van der Waals surface area (Å²) in [6, 6.07) is 0. The predicted octanol–water partition coefficient (Wildman–Crippen LogP) is 0.982. The zero-order valence-electron chi connectivity index (χ0n) is 3.85. The molecule has 0 aromatic rings. The third-order valence-electron chi connectivity index (χ3n) is 0.902. The summed E-state index contributed by atoms with van der Waals surface area (Å²) in [6.45, 7) is 0. The highest BCUT2D eigenvalue weighted by Gasteiger charge is 1.94. The molecule has 0 atom stereocenters. The molecule has 0 N–H and O–H groups in total. The topological polar surface area (TPSA) is 17.1 Å². The normalized spacial score (nSPS) is 16.9. The van der Waals surface area contributed by atoms with Gasteiger partial charge in [0.2, 0.25) is 6.29 Å². The van der Waals surface area contributed by atoms with Gasteiger partial charge in [-0.05, 0) is 6.42 Å². The molecule has 0 saturated heterocycles. The van der Waals surface area contributed by atoms with Crippen molar-refractivity contribution in [2.24, 2.45) is 0 Å². The van der Waals surface area contributed by atoms with Crippen molar-refractivity contribution in [1.82, 2.24) is 0 Å². The highest BCUT2D eigenvalue weighted by molar-refractivity contribution is 5.76. The number of allylic oxidation sites excluding steroid dienone is 4. The van der Waals surface area contributed by atoms with Crippen molar-refractivity contribution >= 4 is 6.29 Å². The molecule has 1 heteroatoms. The molecule has 1 aliphatic carbocycles. The van der Waals surface area contributed by atoms with Gasteiger partial charge in [0, 0.05) is 5.57 Å². The van der Waals surface area contributed by atoms with Gasteiger partial charge in [0.15, 0.2) is 0 Å². The second kappa shape index (κ2) is 1.73. The smallest absolute Gasteiger partial charge is 0.229 e. The molecule has 1 rings (SSSR count). The summed E-state index contributed by atoms with van der Waals surface area (Å²) in [5, 5.41) is 0. The first-order valence-electron chi connectivity index (χ1n) is 2.17. The molecule has 0 fully saturated rings. The van der Waals surface area contributed by atoms with E-state index in [0.29, 0.717) is 0 Å². The van der Waals surface area contributed by atoms with E-state index in [9.17, 15) is 4.79 Å². The van der Waals surface area contributed by atoms with Crippen molar-refractivity contribution < 1.29 is 4.79 Å². The third kappa shape index (κ3) is 0.769. The molecular formula is C6H5O. The highest BCUT2D eigenvalue weighted by atomic mass is 16.1. The van der Waals surface area contributed by atoms with E-state index in [1.807, 2.05) is 18.4 Å². The Hall–Kier alpha value is -0.850. The summed E-state index contributed by atoms with van der Waals surface area (Å²) in [7, 11) is 0. The number of carbonyl (C=O) groups excluding carboxylic acids is 1. The fraction of sp³-hybridized carbons (Fsp3) is 0.167. The maximum absolute atomic E-state index is 9.77. The summed E-state index contributed by atoms with van der Waals surface area (Å²) < 4.78 is 0. The fourth-order valence-corrected chi connectivity index (χ4v) is 0.523. The first-order valence-corrected chi connectivity index (χ1v) is 2.17. The monoisotopic (exact) mass is 93.0 g/mol. The van der Waals surface area contributed by atoms with Gasteiger partial charge in [-0.1, -0.05) is 18.2 Å². The lowest BCUT2D eigenvalue weighted by molar-refractivity contribution is 0.561. The standard InChI is InChI=1S/C6H5O/c7-5-6-3-1-2-4-6/h1-3H,4H2. The van der Waals surface area contributed by atoms with Crippen LogP contribution in [0.15, 0.2) is 23.8 Å². The molecule has 0 aromatic heterocycles. The summed E-state index contributed by atoms with van der Waals surface area (Å²) in [4.78, 5) is 9.77. The van der Waals surface area contributed by atoms with E-state index in [1.54, 1.807) is 6.08 Å². The first kappa shape index (κ1) is 4.31. The molecular weight excluding hydrogens is 88.1 g/mol. The summed E-state index contributed by atoms with van der Waals surface area (Å²) in [6.07, 6.45) is 8.14. The third-order valence-corrected chi connectivity index (χ3v) is 0.902. The van der Waals surface area contributed by atoms with Crippen LogP contribution in [0.25, 0.3) is 0 Å². The molecule has 1 nitrogen and oxygen atoms in total. The van der Waals surface area contributed by atoms with E-state index < -0.39 is 0 Å². The molecule has 7 heavy (non-hydrogen) atoms. The molecule has 0 amide bonds. The van der Waals surface area contributed by atoms with Crippen LogP contribution in [0.1, 0.15) is 6.42 Å². The van der Waals surface area contributed by atoms with Crippen molar-refractivity contribution in [3.05, 3.63) is 23.8 Å². The minimum Gasteiger partial charge on any atom is -0.285 e. The van der Waals surface area contributed by atoms with Crippen molar-refractivity contribution in [2.75, 3.05) is 0 Å². The molecule has 0 aromatic carbocycles. The zero-order valence-corrected chi connectivity index (χ0v) is 3.85. The SMILES string of the molecule is O=[C]C1=CC=CC1. The van der Waals surface area contributed by atoms with E-state index in [4.69, 9.17) is 0 Å². The van der Waals surface area contributed by atoms with Crippen LogP contribution in [-0.2, 0) is 4.79 Å². The van der Waals surface area contributed by atoms with Crippen molar-refractivity contribution in [2.45, 2.75) is 6.42 Å². The predicted molar refractivity (Wildman–Crippen MR) is 27.5 cm³/mol. The summed E-state index contributed by atoms with van der Waals surface area (Å²) in [5.41, 5.74) is 0.750. The second-order valence-corrected chi connectivity index (χ2v) is 1.43. The Labute approximate surface area is 42.3 Å². The second-order valence-electron chi connectivity index (χ2n) is 1.43. The van der Waals surface area contributed by atoms with E-state index >= 15 is 0 Å². The molecule has 0 aliphatic heterocycles. The van der Waals surface area contributed by atoms with Gasteiger partial charge in [-0.2, -0.15) is 0 Å². The number of hydrogen-bond acceptors (Lipinski definition) is 1. The molecule has 0 saturated carbocycles. The maximum Gasteiger partial charge on any atom is 0.229 e. The lowest BCUT2D eigenvalue weighted by atomic mass is 10.3. The largest absolute Gasteiger partial charge is 0.285 e. The Bertz CT molecular complexity index is 131. The number of hydrogen-bond donors (Lipinski definition) is 0. The van der Waals surface area contributed by atoms with E-state index in [0.717, 1.165) is 12.0 Å². The van der Waals surface area contributed by atoms with Crippen molar-refractivity contribution in [3.63, 3.8) is 0 Å². The Morgan fingerprint density at radius 2 is 2.57 bits per heavy atom. The lowest BCUT2D eigenvalue weighted by Crippen LogP contribution is -1.73. The Morgan fingerprint density at radius 3 is 2.86 bits per heavy atom. The minimum absolute atomic E-state index is 0.750. The first-order chi connectivity index (χ1) is 3.43. The van der Waals surface area contributed by atoms with Gasteiger partial charge in [-0.15, -0.1) is 0 Å². The van der Waals surface area contributed by atoms with Crippen LogP contribution in [0, 0.1) is 0 Å². The van der Waals surface area contributed by atoms with Crippen LogP contribution in [0.3, 0.4) is 0 Å². The molecule has 0 spiro atoms. The van der Waals surface area contributed by atoms with Crippen LogP contribution in [0.5, 0.6) is 0 Å². The van der Waals surface area contributed by atoms with Crippen LogP contribution in [0.4, 0.5) is 0 Å². The molecule has 1 aliphatic rings. The van der Waals surface area contributed by atoms with Gasteiger partial charge in [0.05, 0.1) is 0 Å². The van der Waals surface area contributed by atoms with Crippen molar-refractivity contribution in [1.29, 1.82) is 0 Å². The average Bonchev–Trinajstić information content (AvgIpc) is 2.14. The fourth-order valence-electron chi connectivity index (χ4n) is 0.523. The van der Waals surface area contributed by atoms with E-state index in [-0.39, 0.29) is 0 Å². The van der Waals surface area contributed by atoms with Crippen LogP contribution < -0.4 is 0 Å². The molecule has 1 radical (unpaired) electrons. The summed E-state index contributed by atoms with van der Waals surface area (Å²) in [5.74, 6) is 0. The lowest BCUT2D eigenvalue weighted by Gasteiger charge is -1.76. The number of rotatable bonds is 1.